The Kier molecular flexibility index (Phi) is 6.16. The minimum absolute atomic E-state index is 0.0494. The summed E-state index contributed by atoms with van der Waals surface area (Å²) in [7, 11) is 0. The Morgan fingerprint density at radius 3 is 2.53 bits per heavy atom. The van der Waals surface area contributed by atoms with E-state index < -0.39 is 29.1 Å². The van der Waals surface area contributed by atoms with Gasteiger partial charge in [0.2, 0.25) is 0 Å². The highest BCUT2D eigenvalue weighted by Gasteiger charge is 2.17. The van der Waals surface area contributed by atoms with Crippen LogP contribution in [0.3, 0.4) is 0 Å². The van der Waals surface area contributed by atoms with E-state index in [-0.39, 0.29) is 39.5 Å². The number of carbonyl (C=O) groups is 1. The number of aryl methyl sites for hydroxylation is 1. The maximum atomic E-state index is 14.4. The van der Waals surface area contributed by atoms with Gasteiger partial charge in [-0.2, -0.15) is 0 Å². The molecule has 3 rings (SSSR count). The van der Waals surface area contributed by atoms with E-state index in [1.54, 1.807) is 0 Å². The van der Waals surface area contributed by atoms with E-state index >= 15 is 0 Å². The monoisotopic (exact) mass is 482 g/mol. The lowest BCUT2D eigenvalue weighted by Gasteiger charge is -2.16. The number of carboxylic acid groups (broad SMARTS) is 1. The molecule has 0 bridgehead atoms. The summed E-state index contributed by atoms with van der Waals surface area (Å²) in [6, 6.07) is 7.89. The molecular weight excluding hydrogens is 469 g/mol. The summed E-state index contributed by atoms with van der Waals surface area (Å²) in [5.74, 6) is -2.18. The Labute approximate surface area is 176 Å². The number of anilines is 1. The van der Waals surface area contributed by atoms with Crippen LogP contribution in [0.25, 0.3) is 5.69 Å². The molecule has 0 unspecified atom stereocenters. The van der Waals surface area contributed by atoms with Crippen LogP contribution in [0, 0.1) is 24.4 Å². The second-order valence-electron chi connectivity index (χ2n) is 6.23. The number of hydrogen-bond donors (Lipinski definition) is 2. The third-order valence-electron chi connectivity index (χ3n) is 4.14. The van der Waals surface area contributed by atoms with Gasteiger partial charge in [-0.1, -0.05) is 0 Å². The number of rotatable bonds is 5. The SMILES string of the molecule is Cc1cc(OCc2ccc(F)cc2F)c(Br)c(=O)n1-c1cc(NC(=O)O)ccc1F. The van der Waals surface area contributed by atoms with Crippen molar-refractivity contribution in [1.82, 2.24) is 4.57 Å². The van der Waals surface area contributed by atoms with Gasteiger partial charge in [0.25, 0.3) is 5.56 Å². The molecule has 2 N–H and O–H groups in total. The molecule has 0 saturated heterocycles. The normalized spacial score (nSPS) is 10.7. The standard InChI is InChI=1S/C20H14BrF3N2O4/c1-10-6-17(30-9-11-2-3-12(22)7-15(11)24)18(21)19(27)26(10)16-8-13(25-20(28)29)4-5-14(16)23/h2-8,25H,9H2,1H3,(H,28,29). The van der Waals surface area contributed by atoms with E-state index in [0.717, 1.165) is 22.8 Å². The maximum absolute atomic E-state index is 14.4. The van der Waals surface area contributed by atoms with Gasteiger partial charge in [-0.25, -0.2) is 18.0 Å². The summed E-state index contributed by atoms with van der Waals surface area (Å²) in [6.45, 7) is 1.26. The number of amides is 1. The third kappa shape index (κ3) is 4.48. The van der Waals surface area contributed by atoms with Crippen molar-refractivity contribution >= 4 is 27.7 Å². The highest BCUT2D eigenvalue weighted by atomic mass is 79.9. The number of benzene rings is 2. The van der Waals surface area contributed by atoms with Crippen molar-refractivity contribution in [2.24, 2.45) is 0 Å². The predicted octanol–water partition coefficient (Wildman–Crippen LogP) is 4.99. The largest absolute Gasteiger partial charge is 0.487 e. The first-order chi connectivity index (χ1) is 14.2. The fourth-order valence-corrected chi connectivity index (χ4v) is 3.17. The van der Waals surface area contributed by atoms with Gasteiger partial charge in [-0.15, -0.1) is 0 Å². The Balaban J connectivity index is 1.97. The van der Waals surface area contributed by atoms with Gasteiger partial charge >= 0.3 is 6.09 Å². The van der Waals surface area contributed by atoms with Gasteiger partial charge in [0, 0.05) is 29.1 Å². The first-order valence-electron chi connectivity index (χ1n) is 8.46. The molecule has 30 heavy (non-hydrogen) atoms. The van der Waals surface area contributed by atoms with Gasteiger partial charge < -0.3 is 9.84 Å². The maximum Gasteiger partial charge on any atom is 0.409 e. The average molecular weight is 483 g/mol. The van der Waals surface area contributed by atoms with Crippen LogP contribution in [-0.4, -0.2) is 15.8 Å². The molecule has 0 aliphatic heterocycles. The summed E-state index contributed by atoms with van der Waals surface area (Å²) in [5.41, 5.74) is -0.391. The van der Waals surface area contributed by atoms with Gasteiger partial charge in [0.1, 0.15) is 34.3 Å². The van der Waals surface area contributed by atoms with E-state index in [1.165, 1.54) is 31.2 Å². The first-order valence-corrected chi connectivity index (χ1v) is 9.25. The lowest BCUT2D eigenvalue weighted by Crippen LogP contribution is -2.23. The fraction of sp³-hybridized carbons (Fsp3) is 0.100. The number of ether oxygens (including phenoxy) is 1. The molecule has 3 aromatic rings. The summed E-state index contributed by atoms with van der Waals surface area (Å²) in [5, 5.41) is 10.9. The smallest absolute Gasteiger partial charge is 0.409 e. The second kappa shape index (κ2) is 8.62. The number of nitrogens with zero attached hydrogens (tertiary/aromatic N) is 1. The lowest BCUT2D eigenvalue weighted by molar-refractivity contribution is 0.209. The Hall–Kier alpha value is -3.27. The quantitative estimate of drug-likeness (QED) is 0.536. The molecule has 0 atom stereocenters. The zero-order valence-corrected chi connectivity index (χ0v) is 17.0. The third-order valence-corrected chi connectivity index (χ3v) is 4.87. The molecule has 0 saturated carbocycles. The van der Waals surface area contributed by atoms with Crippen LogP contribution in [0.15, 0.2) is 51.7 Å². The number of hydrogen-bond acceptors (Lipinski definition) is 3. The molecule has 1 amide bonds. The minimum atomic E-state index is -1.34. The van der Waals surface area contributed by atoms with Crippen LogP contribution in [0.2, 0.25) is 0 Å². The van der Waals surface area contributed by atoms with E-state index in [2.05, 4.69) is 21.2 Å². The minimum Gasteiger partial charge on any atom is -0.487 e. The van der Waals surface area contributed by atoms with Crippen molar-refractivity contribution in [2.45, 2.75) is 13.5 Å². The Morgan fingerprint density at radius 2 is 1.87 bits per heavy atom. The van der Waals surface area contributed by atoms with Crippen molar-refractivity contribution in [1.29, 1.82) is 0 Å². The number of halogens is 4. The molecule has 0 radical (unpaired) electrons. The molecule has 0 aliphatic rings. The molecule has 2 aromatic carbocycles. The molecule has 1 aromatic heterocycles. The summed E-state index contributed by atoms with van der Waals surface area (Å²) >= 11 is 3.11. The van der Waals surface area contributed by atoms with Crippen LogP contribution in [0.4, 0.5) is 23.7 Å². The number of nitrogens with one attached hydrogen (secondary N) is 1. The highest BCUT2D eigenvalue weighted by Crippen LogP contribution is 2.27. The highest BCUT2D eigenvalue weighted by molar-refractivity contribution is 9.10. The van der Waals surface area contributed by atoms with E-state index in [1.807, 2.05) is 0 Å². The van der Waals surface area contributed by atoms with Crippen LogP contribution in [0.5, 0.6) is 5.75 Å². The van der Waals surface area contributed by atoms with E-state index in [4.69, 9.17) is 9.84 Å². The Bertz CT molecular complexity index is 1200. The van der Waals surface area contributed by atoms with Crippen LogP contribution >= 0.6 is 15.9 Å². The fourth-order valence-electron chi connectivity index (χ4n) is 2.77. The topological polar surface area (TPSA) is 80.6 Å². The van der Waals surface area contributed by atoms with Crippen LogP contribution in [-0.2, 0) is 6.61 Å². The number of aromatic nitrogens is 1. The zero-order valence-electron chi connectivity index (χ0n) is 15.4. The molecule has 156 valence electrons. The lowest BCUT2D eigenvalue weighted by atomic mass is 10.2. The van der Waals surface area contributed by atoms with Gasteiger partial charge in [-0.3, -0.25) is 14.7 Å². The summed E-state index contributed by atoms with van der Waals surface area (Å²) in [4.78, 5) is 23.6. The zero-order chi connectivity index (χ0) is 22.0. The van der Waals surface area contributed by atoms with Crippen LogP contribution < -0.4 is 15.6 Å². The second-order valence-corrected chi connectivity index (χ2v) is 7.02. The molecule has 0 spiro atoms. The van der Waals surface area contributed by atoms with E-state index in [9.17, 15) is 22.8 Å². The first kappa shape index (κ1) is 21.4. The van der Waals surface area contributed by atoms with Crippen molar-refractivity contribution in [3.8, 4) is 11.4 Å². The van der Waals surface area contributed by atoms with Gasteiger partial charge in [0.05, 0.1) is 5.69 Å². The molecule has 0 aliphatic carbocycles. The van der Waals surface area contributed by atoms with Crippen molar-refractivity contribution in [3.63, 3.8) is 0 Å². The van der Waals surface area contributed by atoms with Gasteiger partial charge in [0.15, 0.2) is 0 Å². The molecule has 0 fully saturated rings. The predicted molar refractivity (Wildman–Crippen MR) is 107 cm³/mol. The molecule has 6 nitrogen and oxygen atoms in total. The van der Waals surface area contributed by atoms with Crippen molar-refractivity contribution in [3.05, 3.63) is 86.0 Å². The molecular formula is C20H14BrF3N2O4. The average Bonchev–Trinajstić information content (AvgIpc) is 2.66. The Morgan fingerprint density at radius 1 is 1.13 bits per heavy atom. The summed E-state index contributed by atoms with van der Waals surface area (Å²) in [6.07, 6.45) is -1.34. The van der Waals surface area contributed by atoms with Gasteiger partial charge in [-0.05, 0) is 53.2 Å². The van der Waals surface area contributed by atoms with Crippen molar-refractivity contribution in [2.75, 3.05) is 5.32 Å². The molecule has 1 heterocycles. The van der Waals surface area contributed by atoms with Crippen molar-refractivity contribution < 1.29 is 27.8 Å². The van der Waals surface area contributed by atoms with E-state index in [0.29, 0.717) is 0 Å². The summed E-state index contributed by atoms with van der Waals surface area (Å²) < 4.78 is 47.7. The molecule has 10 heteroatoms. The van der Waals surface area contributed by atoms with Crippen LogP contribution in [0.1, 0.15) is 11.3 Å². The number of pyridine rings is 1.